The summed E-state index contributed by atoms with van der Waals surface area (Å²) in [6.07, 6.45) is 41.0. The minimum Gasteiger partial charge on any atom is -0.387 e. The van der Waals surface area contributed by atoms with Crippen molar-refractivity contribution in [2.24, 2.45) is 0 Å². The Morgan fingerprint density at radius 3 is 1.38 bits per heavy atom. The molecule has 0 fully saturated rings. The van der Waals surface area contributed by atoms with Gasteiger partial charge in [0.25, 0.3) is 10.1 Å². The van der Waals surface area contributed by atoms with Crippen LogP contribution in [0.1, 0.15) is 187 Å². The topological polar surface area (TPSA) is 124 Å². The van der Waals surface area contributed by atoms with Crippen LogP contribution < -0.4 is 5.32 Å². The maximum atomic E-state index is 12.5. The molecule has 8 heteroatoms. The normalized spacial score (nSPS) is 14.4. The molecule has 0 aromatic heterocycles. The standard InChI is InChI=1S/C40H75NO6S/c1-3-5-7-9-11-13-14-15-16-17-18-19-20-21-22-23-24-25-27-29-31-33-35-39(43)40(44)41-37(36-48(45,46)47)38(42)34-32-30-28-26-12-10-8-6-4-2/h4,6,12,26,32,34,37-39,42-43H,3,5,7-11,13-25,27-31,33,35-36H2,1-2H3,(H,41,44)(H,45,46,47)/b6-4+,26-12+,34-32+. The van der Waals surface area contributed by atoms with Crippen LogP contribution in [0.25, 0.3) is 0 Å². The average molecular weight is 698 g/mol. The van der Waals surface area contributed by atoms with Crippen LogP contribution in [-0.4, -0.2) is 53.1 Å². The van der Waals surface area contributed by atoms with E-state index in [9.17, 15) is 28.0 Å². The van der Waals surface area contributed by atoms with E-state index in [1.54, 1.807) is 6.08 Å². The van der Waals surface area contributed by atoms with Crippen molar-refractivity contribution < 1.29 is 28.0 Å². The van der Waals surface area contributed by atoms with Crippen molar-refractivity contribution in [3.05, 3.63) is 36.5 Å². The molecule has 0 saturated carbocycles. The number of unbranched alkanes of at least 4 members (excludes halogenated alkanes) is 23. The van der Waals surface area contributed by atoms with Gasteiger partial charge in [-0.1, -0.05) is 185 Å². The number of hydrogen-bond donors (Lipinski definition) is 4. The number of aliphatic hydroxyl groups is 2. The molecule has 4 N–H and O–H groups in total. The first-order valence-electron chi connectivity index (χ1n) is 19.8. The highest BCUT2D eigenvalue weighted by Gasteiger charge is 2.27. The van der Waals surface area contributed by atoms with Gasteiger partial charge >= 0.3 is 0 Å². The van der Waals surface area contributed by atoms with Crippen molar-refractivity contribution in [2.45, 2.75) is 205 Å². The number of aliphatic hydroxyl groups excluding tert-OH is 2. The lowest BCUT2D eigenvalue weighted by Crippen LogP contribution is -2.50. The van der Waals surface area contributed by atoms with E-state index >= 15 is 0 Å². The summed E-state index contributed by atoms with van der Waals surface area (Å²) in [6, 6.07) is -1.25. The number of allylic oxidation sites excluding steroid dienone is 5. The van der Waals surface area contributed by atoms with Crippen LogP contribution in [-0.2, 0) is 14.9 Å². The molecule has 0 rings (SSSR count). The maximum absolute atomic E-state index is 12.5. The van der Waals surface area contributed by atoms with Crippen LogP contribution in [0.5, 0.6) is 0 Å². The monoisotopic (exact) mass is 698 g/mol. The van der Waals surface area contributed by atoms with Gasteiger partial charge < -0.3 is 15.5 Å². The zero-order chi connectivity index (χ0) is 35.6. The molecule has 0 aromatic carbocycles. The molecule has 3 atom stereocenters. The van der Waals surface area contributed by atoms with Crippen molar-refractivity contribution in [2.75, 3.05) is 5.75 Å². The smallest absolute Gasteiger partial charge is 0.267 e. The van der Waals surface area contributed by atoms with Gasteiger partial charge in [-0.25, -0.2) is 0 Å². The van der Waals surface area contributed by atoms with E-state index in [0.717, 1.165) is 38.5 Å². The van der Waals surface area contributed by atoms with Crippen LogP contribution in [0.3, 0.4) is 0 Å². The van der Waals surface area contributed by atoms with Gasteiger partial charge in [0.05, 0.1) is 17.9 Å². The highest BCUT2D eigenvalue weighted by Crippen LogP contribution is 2.16. The Hall–Kier alpha value is -1.48. The summed E-state index contributed by atoms with van der Waals surface area (Å²) >= 11 is 0. The lowest BCUT2D eigenvalue weighted by atomic mass is 10.0. The van der Waals surface area contributed by atoms with E-state index in [1.807, 2.05) is 13.0 Å². The third-order valence-corrected chi connectivity index (χ3v) is 9.78. The van der Waals surface area contributed by atoms with Gasteiger partial charge in [-0.2, -0.15) is 8.42 Å². The molecule has 48 heavy (non-hydrogen) atoms. The van der Waals surface area contributed by atoms with Crippen molar-refractivity contribution in [1.82, 2.24) is 5.32 Å². The molecule has 282 valence electrons. The van der Waals surface area contributed by atoms with E-state index < -0.39 is 40.0 Å². The first-order valence-corrected chi connectivity index (χ1v) is 21.4. The number of hydrogen-bond acceptors (Lipinski definition) is 5. The van der Waals surface area contributed by atoms with Gasteiger partial charge in [0.15, 0.2) is 0 Å². The molecule has 0 spiro atoms. The van der Waals surface area contributed by atoms with Crippen molar-refractivity contribution in [3.8, 4) is 0 Å². The van der Waals surface area contributed by atoms with Gasteiger partial charge in [-0.05, 0) is 39.0 Å². The molecule has 0 heterocycles. The van der Waals surface area contributed by atoms with Crippen LogP contribution >= 0.6 is 0 Å². The first kappa shape index (κ1) is 46.5. The summed E-state index contributed by atoms with van der Waals surface area (Å²) in [4.78, 5) is 12.5. The SMILES string of the molecule is C/C=C/CC/C=C/CC/C=C/C(O)C(CS(=O)(=O)O)NC(=O)C(O)CCCCCCCCCCCCCCCCCCCCCCCC. The van der Waals surface area contributed by atoms with Gasteiger partial charge in [-0.3, -0.25) is 9.35 Å². The zero-order valence-electron chi connectivity index (χ0n) is 31.0. The summed E-state index contributed by atoms with van der Waals surface area (Å²) < 4.78 is 32.3. The summed E-state index contributed by atoms with van der Waals surface area (Å²) in [5.41, 5.74) is 0. The van der Waals surface area contributed by atoms with Crippen molar-refractivity contribution in [3.63, 3.8) is 0 Å². The Balaban J connectivity index is 3.89. The van der Waals surface area contributed by atoms with Gasteiger partial charge in [0, 0.05) is 0 Å². The first-order chi connectivity index (χ1) is 23.2. The Labute approximate surface area is 296 Å². The third-order valence-electron chi connectivity index (χ3n) is 9.00. The molecule has 0 aromatic rings. The van der Waals surface area contributed by atoms with Gasteiger partial charge in [0.1, 0.15) is 6.10 Å². The van der Waals surface area contributed by atoms with Crippen LogP contribution in [0, 0.1) is 0 Å². The van der Waals surface area contributed by atoms with Crippen LogP contribution in [0.4, 0.5) is 0 Å². The lowest BCUT2D eigenvalue weighted by molar-refractivity contribution is -0.130. The lowest BCUT2D eigenvalue weighted by Gasteiger charge is -2.22. The van der Waals surface area contributed by atoms with Gasteiger partial charge in [0.2, 0.25) is 5.91 Å². The number of nitrogens with one attached hydrogen (secondary N) is 1. The Bertz CT molecular complexity index is 917. The average Bonchev–Trinajstić information content (AvgIpc) is 3.05. The van der Waals surface area contributed by atoms with E-state index in [4.69, 9.17) is 0 Å². The molecule has 0 aliphatic rings. The second-order valence-corrected chi connectivity index (χ2v) is 15.2. The minimum absolute atomic E-state index is 0.274. The number of rotatable bonds is 35. The highest BCUT2D eigenvalue weighted by atomic mass is 32.2. The van der Waals surface area contributed by atoms with Gasteiger partial charge in [-0.15, -0.1) is 0 Å². The summed E-state index contributed by atoms with van der Waals surface area (Å²) in [6.45, 7) is 4.26. The number of carbonyl (C=O) groups is 1. The van der Waals surface area contributed by atoms with E-state index in [1.165, 1.54) is 122 Å². The molecular weight excluding hydrogens is 623 g/mol. The summed E-state index contributed by atoms with van der Waals surface area (Å²) in [5.74, 6) is -1.56. The molecule has 1 amide bonds. The van der Waals surface area contributed by atoms with Crippen LogP contribution in [0.15, 0.2) is 36.5 Å². The molecular formula is C40H75NO6S. The maximum Gasteiger partial charge on any atom is 0.267 e. The summed E-state index contributed by atoms with van der Waals surface area (Å²) in [5, 5.41) is 23.2. The fourth-order valence-electron chi connectivity index (χ4n) is 5.97. The second kappa shape index (κ2) is 34.0. The van der Waals surface area contributed by atoms with E-state index in [0.29, 0.717) is 12.8 Å². The van der Waals surface area contributed by atoms with E-state index in [-0.39, 0.29) is 6.42 Å². The Morgan fingerprint density at radius 2 is 0.979 bits per heavy atom. The molecule has 0 radical (unpaired) electrons. The van der Waals surface area contributed by atoms with Crippen LogP contribution in [0.2, 0.25) is 0 Å². The molecule has 0 aliphatic carbocycles. The third kappa shape index (κ3) is 33.0. The quantitative estimate of drug-likeness (QED) is 0.0297. The van der Waals surface area contributed by atoms with Crippen molar-refractivity contribution >= 4 is 16.0 Å². The molecule has 3 unspecified atom stereocenters. The Kier molecular flexibility index (Phi) is 32.9. The number of amides is 1. The highest BCUT2D eigenvalue weighted by molar-refractivity contribution is 7.85. The number of carbonyl (C=O) groups excluding carboxylic acids is 1. The Morgan fingerprint density at radius 1 is 0.604 bits per heavy atom. The summed E-state index contributed by atoms with van der Waals surface area (Å²) in [7, 11) is -4.45. The largest absolute Gasteiger partial charge is 0.387 e. The fourth-order valence-corrected chi connectivity index (χ4v) is 6.70. The van der Waals surface area contributed by atoms with E-state index in [2.05, 4.69) is 30.5 Å². The molecule has 0 bridgehead atoms. The second-order valence-electron chi connectivity index (χ2n) is 13.7. The predicted molar refractivity (Wildman–Crippen MR) is 204 cm³/mol. The molecule has 7 nitrogen and oxygen atoms in total. The molecule has 0 saturated heterocycles. The fraction of sp³-hybridized carbons (Fsp3) is 0.825. The minimum atomic E-state index is -4.45. The predicted octanol–water partition coefficient (Wildman–Crippen LogP) is 10.3. The van der Waals surface area contributed by atoms with Crippen molar-refractivity contribution in [1.29, 1.82) is 0 Å². The molecule has 0 aliphatic heterocycles. The zero-order valence-corrected chi connectivity index (χ0v) is 31.8.